The molecule has 16 heavy (non-hydrogen) atoms. The highest BCUT2D eigenvalue weighted by Gasteiger charge is 2.21. The Morgan fingerprint density at radius 1 is 1.44 bits per heavy atom. The van der Waals surface area contributed by atoms with Gasteiger partial charge in [0.15, 0.2) is 0 Å². The Labute approximate surface area is 95.7 Å². The zero-order valence-corrected chi connectivity index (χ0v) is 9.62. The molecule has 0 aliphatic carbocycles. The average Bonchev–Trinajstić information content (AvgIpc) is 2.34. The van der Waals surface area contributed by atoms with Gasteiger partial charge in [-0.15, -0.1) is 0 Å². The minimum Gasteiger partial charge on any atom is -0.314 e. The van der Waals surface area contributed by atoms with E-state index in [4.69, 9.17) is 0 Å². The third-order valence-electron chi connectivity index (χ3n) is 3.07. The molecule has 0 aromatic carbocycles. The quantitative estimate of drug-likeness (QED) is 0.843. The standard InChI is InChI=1S/C12H18FN3/c1-2-12(16-7-5-14-6-8-16)11-4-3-10(13)9-15-11/h3-4,9,12,14H,2,5-8H2,1H3. The smallest absolute Gasteiger partial charge is 0.141 e. The van der Waals surface area contributed by atoms with Crippen molar-refractivity contribution < 1.29 is 4.39 Å². The first-order valence-electron chi connectivity index (χ1n) is 5.87. The van der Waals surface area contributed by atoms with E-state index >= 15 is 0 Å². The van der Waals surface area contributed by atoms with Gasteiger partial charge in [0.2, 0.25) is 0 Å². The van der Waals surface area contributed by atoms with Crippen LogP contribution in [-0.4, -0.2) is 36.1 Å². The third kappa shape index (κ3) is 2.57. The number of hydrogen-bond acceptors (Lipinski definition) is 3. The molecule has 0 saturated carbocycles. The normalized spacial score (nSPS) is 19.6. The van der Waals surface area contributed by atoms with Gasteiger partial charge < -0.3 is 5.32 Å². The summed E-state index contributed by atoms with van der Waals surface area (Å²) in [4.78, 5) is 6.60. The second-order valence-corrected chi connectivity index (χ2v) is 4.11. The molecule has 0 amide bonds. The number of nitrogens with zero attached hydrogens (tertiary/aromatic N) is 2. The van der Waals surface area contributed by atoms with Crippen molar-refractivity contribution in [3.05, 3.63) is 29.8 Å². The highest BCUT2D eigenvalue weighted by Crippen LogP contribution is 2.22. The molecular weight excluding hydrogens is 205 g/mol. The van der Waals surface area contributed by atoms with Gasteiger partial charge in [0.05, 0.1) is 17.9 Å². The molecule has 0 bridgehead atoms. The Balaban J connectivity index is 2.11. The fraction of sp³-hybridized carbons (Fsp3) is 0.583. The topological polar surface area (TPSA) is 28.2 Å². The van der Waals surface area contributed by atoms with E-state index in [0.717, 1.165) is 38.3 Å². The summed E-state index contributed by atoms with van der Waals surface area (Å²) >= 11 is 0. The van der Waals surface area contributed by atoms with E-state index in [9.17, 15) is 4.39 Å². The molecule has 2 rings (SSSR count). The number of halogens is 1. The van der Waals surface area contributed by atoms with Crippen LogP contribution in [0, 0.1) is 5.82 Å². The maximum Gasteiger partial charge on any atom is 0.141 e. The van der Waals surface area contributed by atoms with Crippen LogP contribution >= 0.6 is 0 Å². The summed E-state index contributed by atoms with van der Waals surface area (Å²) in [7, 11) is 0. The lowest BCUT2D eigenvalue weighted by Gasteiger charge is -2.34. The van der Waals surface area contributed by atoms with Gasteiger partial charge in [-0.2, -0.15) is 0 Å². The fourth-order valence-electron chi connectivity index (χ4n) is 2.23. The molecule has 4 heteroatoms. The van der Waals surface area contributed by atoms with Crippen molar-refractivity contribution in [2.75, 3.05) is 26.2 Å². The van der Waals surface area contributed by atoms with Crippen LogP contribution in [0.15, 0.2) is 18.3 Å². The summed E-state index contributed by atoms with van der Waals surface area (Å²) in [5, 5.41) is 3.33. The van der Waals surface area contributed by atoms with Gasteiger partial charge in [-0.25, -0.2) is 4.39 Å². The van der Waals surface area contributed by atoms with Gasteiger partial charge in [-0.05, 0) is 18.6 Å². The predicted molar refractivity (Wildman–Crippen MR) is 61.7 cm³/mol. The van der Waals surface area contributed by atoms with Crippen molar-refractivity contribution in [1.82, 2.24) is 15.2 Å². The number of rotatable bonds is 3. The van der Waals surface area contributed by atoms with Crippen LogP contribution in [0.25, 0.3) is 0 Å². The molecule has 1 aliphatic heterocycles. The van der Waals surface area contributed by atoms with E-state index in [0.29, 0.717) is 6.04 Å². The summed E-state index contributed by atoms with van der Waals surface area (Å²) in [6.45, 7) is 6.28. The Morgan fingerprint density at radius 3 is 2.75 bits per heavy atom. The zero-order chi connectivity index (χ0) is 11.4. The van der Waals surface area contributed by atoms with E-state index in [1.54, 1.807) is 6.07 Å². The van der Waals surface area contributed by atoms with Gasteiger partial charge in [-0.1, -0.05) is 6.92 Å². The average molecular weight is 223 g/mol. The number of piperazine rings is 1. The molecule has 2 heterocycles. The molecule has 1 aromatic heterocycles. The first kappa shape index (κ1) is 11.5. The Hall–Kier alpha value is -1.00. The van der Waals surface area contributed by atoms with Crippen molar-refractivity contribution in [1.29, 1.82) is 0 Å². The summed E-state index contributed by atoms with van der Waals surface area (Å²) in [5.41, 5.74) is 0.978. The number of pyridine rings is 1. The molecule has 1 aromatic rings. The van der Waals surface area contributed by atoms with Crippen molar-refractivity contribution in [2.24, 2.45) is 0 Å². The zero-order valence-electron chi connectivity index (χ0n) is 9.62. The van der Waals surface area contributed by atoms with Crippen LogP contribution < -0.4 is 5.32 Å². The van der Waals surface area contributed by atoms with E-state index < -0.39 is 0 Å². The van der Waals surface area contributed by atoms with Crippen molar-refractivity contribution in [3.63, 3.8) is 0 Å². The summed E-state index contributed by atoms with van der Waals surface area (Å²) in [6.07, 6.45) is 2.32. The molecule has 0 radical (unpaired) electrons. The molecule has 1 atom stereocenters. The van der Waals surface area contributed by atoms with E-state index in [2.05, 4.69) is 22.1 Å². The molecule has 0 spiro atoms. The van der Waals surface area contributed by atoms with Gasteiger partial charge in [0, 0.05) is 26.2 Å². The molecule has 1 unspecified atom stereocenters. The second-order valence-electron chi connectivity index (χ2n) is 4.11. The minimum atomic E-state index is -0.265. The van der Waals surface area contributed by atoms with E-state index in [1.165, 1.54) is 12.3 Å². The molecule has 1 fully saturated rings. The van der Waals surface area contributed by atoms with Gasteiger partial charge in [0.1, 0.15) is 5.82 Å². The second kappa shape index (κ2) is 5.37. The lowest BCUT2D eigenvalue weighted by Crippen LogP contribution is -2.45. The molecule has 1 N–H and O–H groups in total. The summed E-state index contributed by atoms with van der Waals surface area (Å²) in [6, 6.07) is 3.61. The maximum absolute atomic E-state index is 12.8. The molecule has 88 valence electrons. The maximum atomic E-state index is 12.8. The predicted octanol–water partition coefficient (Wildman–Crippen LogP) is 1.58. The summed E-state index contributed by atoms with van der Waals surface area (Å²) in [5.74, 6) is -0.265. The van der Waals surface area contributed by atoms with Crippen molar-refractivity contribution >= 4 is 0 Å². The van der Waals surface area contributed by atoms with Crippen LogP contribution in [0.5, 0.6) is 0 Å². The monoisotopic (exact) mass is 223 g/mol. The van der Waals surface area contributed by atoms with Crippen LogP contribution in [0.4, 0.5) is 4.39 Å². The number of nitrogens with one attached hydrogen (secondary N) is 1. The van der Waals surface area contributed by atoms with Crippen molar-refractivity contribution in [3.8, 4) is 0 Å². The fourth-order valence-corrected chi connectivity index (χ4v) is 2.23. The third-order valence-corrected chi connectivity index (χ3v) is 3.07. The SMILES string of the molecule is CCC(c1ccc(F)cn1)N1CCNCC1. The highest BCUT2D eigenvalue weighted by molar-refractivity contribution is 5.10. The van der Waals surface area contributed by atoms with Crippen molar-refractivity contribution in [2.45, 2.75) is 19.4 Å². The first-order valence-corrected chi connectivity index (χ1v) is 5.87. The van der Waals surface area contributed by atoms with Gasteiger partial charge in [-0.3, -0.25) is 9.88 Å². The highest BCUT2D eigenvalue weighted by atomic mass is 19.1. The van der Waals surface area contributed by atoms with Crippen LogP contribution in [0.3, 0.4) is 0 Å². The van der Waals surface area contributed by atoms with Gasteiger partial charge >= 0.3 is 0 Å². The lowest BCUT2D eigenvalue weighted by atomic mass is 10.1. The minimum absolute atomic E-state index is 0.265. The lowest BCUT2D eigenvalue weighted by molar-refractivity contribution is 0.166. The Kier molecular flexibility index (Phi) is 3.85. The first-order chi connectivity index (χ1) is 7.81. The van der Waals surface area contributed by atoms with Crippen LogP contribution in [0.2, 0.25) is 0 Å². The van der Waals surface area contributed by atoms with Crippen LogP contribution in [-0.2, 0) is 0 Å². The molecule has 1 saturated heterocycles. The number of aromatic nitrogens is 1. The number of hydrogen-bond donors (Lipinski definition) is 1. The van der Waals surface area contributed by atoms with E-state index in [-0.39, 0.29) is 5.82 Å². The Morgan fingerprint density at radius 2 is 2.19 bits per heavy atom. The van der Waals surface area contributed by atoms with E-state index in [1.807, 2.05) is 0 Å². The largest absolute Gasteiger partial charge is 0.314 e. The molecule has 1 aliphatic rings. The van der Waals surface area contributed by atoms with Crippen LogP contribution in [0.1, 0.15) is 25.1 Å². The molecule has 3 nitrogen and oxygen atoms in total. The summed E-state index contributed by atoms with van der Waals surface area (Å²) < 4.78 is 12.8. The Bertz CT molecular complexity index is 320. The van der Waals surface area contributed by atoms with Gasteiger partial charge in [0.25, 0.3) is 0 Å². The molecular formula is C12H18FN3.